The third-order valence-corrected chi connectivity index (χ3v) is 5.28. The first-order chi connectivity index (χ1) is 13.3. The molecule has 0 saturated heterocycles. The third kappa shape index (κ3) is 3.92. The maximum Gasteiger partial charge on any atom is 0.248 e. The number of hydrogen-bond acceptors (Lipinski definition) is 3. The summed E-state index contributed by atoms with van der Waals surface area (Å²) < 4.78 is 11.6. The van der Waals surface area contributed by atoms with Crippen molar-refractivity contribution in [3.05, 3.63) is 63.9 Å². The number of carbonyl (C=O) groups is 1. The molecular formula is C23H24ClNO3. The van der Waals surface area contributed by atoms with Gasteiger partial charge < -0.3 is 14.5 Å². The topological polar surface area (TPSA) is 51.5 Å². The van der Waals surface area contributed by atoms with Gasteiger partial charge in [0.15, 0.2) is 0 Å². The van der Waals surface area contributed by atoms with Crippen LogP contribution in [0.3, 0.4) is 0 Å². The van der Waals surface area contributed by atoms with E-state index in [0.29, 0.717) is 23.1 Å². The van der Waals surface area contributed by atoms with Crippen LogP contribution in [0.4, 0.5) is 5.69 Å². The second-order valence-electron chi connectivity index (χ2n) is 6.79. The lowest BCUT2D eigenvalue weighted by molar-refractivity contribution is -0.111. The molecule has 0 saturated carbocycles. The Morgan fingerprint density at radius 2 is 1.96 bits per heavy atom. The fourth-order valence-electron chi connectivity index (χ4n) is 3.14. The van der Waals surface area contributed by atoms with Crippen molar-refractivity contribution in [1.29, 1.82) is 0 Å². The number of fused-ring (bicyclic) bond motifs is 1. The molecule has 0 aliphatic carbocycles. The fraction of sp³-hybridized carbons (Fsp3) is 0.261. The van der Waals surface area contributed by atoms with Crippen LogP contribution in [0.15, 0.2) is 40.8 Å². The minimum atomic E-state index is -0.217. The Balaban J connectivity index is 1.97. The lowest BCUT2D eigenvalue weighted by Crippen LogP contribution is -2.10. The number of carbonyl (C=O) groups excluding carboxylic acids is 1. The molecular weight excluding hydrogens is 374 g/mol. The van der Waals surface area contributed by atoms with Gasteiger partial charge >= 0.3 is 0 Å². The van der Waals surface area contributed by atoms with Gasteiger partial charge in [-0.25, -0.2) is 0 Å². The second-order valence-corrected chi connectivity index (χ2v) is 7.20. The zero-order valence-electron chi connectivity index (χ0n) is 16.8. The lowest BCUT2D eigenvalue weighted by Gasteiger charge is -2.12. The van der Waals surface area contributed by atoms with E-state index >= 15 is 0 Å². The molecule has 3 rings (SSSR count). The number of furan rings is 1. The first-order valence-corrected chi connectivity index (χ1v) is 9.61. The Labute approximate surface area is 170 Å². The van der Waals surface area contributed by atoms with Crippen LogP contribution in [0.25, 0.3) is 16.5 Å². The predicted molar refractivity (Wildman–Crippen MR) is 115 cm³/mol. The summed E-state index contributed by atoms with van der Waals surface area (Å²) in [6.07, 6.45) is 1.58. The first kappa shape index (κ1) is 20.0. The van der Waals surface area contributed by atoms with Gasteiger partial charge in [-0.2, -0.15) is 0 Å². The summed E-state index contributed by atoms with van der Waals surface area (Å²) in [4.78, 5) is 12.6. The summed E-state index contributed by atoms with van der Waals surface area (Å²) in [5.41, 5.74) is 5.09. The molecule has 3 aromatic rings. The monoisotopic (exact) mass is 397 g/mol. The van der Waals surface area contributed by atoms with Crippen LogP contribution in [0.2, 0.25) is 5.02 Å². The van der Waals surface area contributed by atoms with E-state index in [4.69, 9.17) is 20.8 Å². The van der Waals surface area contributed by atoms with Gasteiger partial charge in [-0.3, -0.25) is 4.79 Å². The Bertz CT molecular complexity index is 1080. The highest BCUT2D eigenvalue weighted by molar-refractivity contribution is 6.31. The Hall–Kier alpha value is -2.72. The van der Waals surface area contributed by atoms with E-state index in [-0.39, 0.29) is 5.91 Å². The zero-order valence-corrected chi connectivity index (χ0v) is 17.5. The number of ether oxygens (including phenoxy) is 1. The van der Waals surface area contributed by atoms with Crippen LogP contribution in [0, 0.1) is 20.8 Å². The van der Waals surface area contributed by atoms with E-state index in [1.807, 2.05) is 58.9 Å². The molecule has 1 heterocycles. The van der Waals surface area contributed by atoms with E-state index in [9.17, 15) is 4.79 Å². The van der Waals surface area contributed by atoms with Gasteiger partial charge in [0.2, 0.25) is 5.91 Å². The molecule has 0 atom stereocenters. The van der Waals surface area contributed by atoms with Crippen LogP contribution in [0.1, 0.15) is 36.3 Å². The van der Waals surface area contributed by atoms with Gasteiger partial charge in [0.25, 0.3) is 0 Å². The maximum absolute atomic E-state index is 12.6. The normalized spacial score (nSPS) is 11.7. The van der Waals surface area contributed by atoms with E-state index in [1.165, 1.54) is 0 Å². The molecule has 0 fully saturated rings. The summed E-state index contributed by atoms with van der Waals surface area (Å²) in [7, 11) is 0. The highest BCUT2D eigenvalue weighted by Crippen LogP contribution is 2.35. The average molecular weight is 398 g/mol. The van der Waals surface area contributed by atoms with Gasteiger partial charge in [0, 0.05) is 33.8 Å². The molecule has 2 aromatic carbocycles. The minimum absolute atomic E-state index is 0.217. The van der Waals surface area contributed by atoms with Crippen molar-refractivity contribution >= 4 is 39.7 Å². The van der Waals surface area contributed by atoms with Gasteiger partial charge in [0.05, 0.1) is 6.61 Å². The molecule has 1 N–H and O–H groups in total. The molecule has 1 amide bonds. The van der Waals surface area contributed by atoms with E-state index in [0.717, 1.165) is 39.0 Å². The number of halogens is 1. The first-order valence-electron chi connectivity index (χ1n) is 9.23. The molecule has 0 bridgehead atoms. The third-order valence-electron chi connectivity index (χ3n) is 4.87. The average Bonchev–Trinajstić information content (AvgIpc) is 2.92. The van der Waals surface area contributed by atoms with Crippen LogP contribution in [0.5, 0.6) is 5.75 Å². The highest BCUT2D eigenvalue weighted by Gasteiger charge is 2.15. The summed E-state index contributed by atoms with van der Waals surface area (Å²) in [6.45, 7) is 10.2. The van der Waals surface area contributed by atoms with Gasteiger partial charge in [-0.15, -0.1) is 0 Å². The van der Waals surface area contributed by atoms with Gasteiger partial charge in [-0.1, -0.05) is 17.7 Å². The predicted octanol–water partition coefficient (Wildman–Crippen LogP) is 6.45. The number of amides is 1. The molecule has 146 valence electrons. The molecule has 0 unspecified atom stereocenters. The van der Waals surface area contributed by atoms with Crippen LogP contribution < -0.4 is 10.1 Å². The number of aryl methyl sites for hydroxylation is 2. The second kappa shape index (κ2) is 8.11. The number of rotatable bonds is 5. The molecule has 5 heteroatoms. The van der Waals surface area contributed by atoms with E-state index in [2.05, 4.69) is 5.32 Å². The quantitative estimate of drug-likeness (QED) is 0.503. The molecule has 0 spiro atoms. The summed E-state index contributed by atoms with van der Waals surface area (Å²) in [5, 5.41) is 4.54. The van der Waals surface area contributed by atoms with Crippen molar-refractivity contribution in [2.45, 2.75) is 34.6 Å². The molecule has 0 radical (unpaired) electrons. The summed E-state index contributed by atoms with van der Waals surface area (Å²) in [5.74, 6) is 1.36. The number of nitrogens with one attached hydrogen (secondary N) is 1. The van der Waals surface area contributed by atoms with Crippen LogP contribution >= 0.6 is 11.6 Å². The van der Waals surface area contributed by atoms with Gasteiger partial charge in [-0.05, 0) is 69.5 Å². The smallest absolute Gasteiger partial charge is 0.248 e. The standard InChI is InChI=1S/C23H24ClNO3/c1-6-27-21-12-22-18(14(3)16(5)28-22)11-17(21)13(2)10-23(26)25-20-9-7-8-19(24)15(20)4/h7-12H,6H2,1-5H3,(H,25,26)/b13-10+. The van der Waals surface area contributed by atoms with Crippen molar-refractivity contribution in [1.82, 2.24) is 0 Å². The largest absolute Gasteiger partial charge is 0.493 e. The lowest BCUT2D eigenvalue weighted by atomic mass is 10.0. The number of anilines is 1. The molecule has 0 aliphatic rings. The molecule has 0 aliphatic heterocycles. The van der Waals surface area contributed by atoms with E-state index in [1.54, 1.807) is 12.1 Å². The number of hydrogen-bond donors (Lipinski definition) is 1. The summed E-state index contributed by atoms with van der Waals surface area (Å²) >= 11 is 6.13. The van der Waals surface area contributed by atoms with Crippen molar-refractivity contribution in [2.24, 2.45) is 0 Å². The SMILES string of the molecule is CCOc1cc2oc(C)c(C)c2cc1/C(C)=C/C(=O)Nc1cccc(Cl)c1C. The number of allylic oxidation sites excluding steroid dienone is 1. The van der Waals surface area contributed by atoms with Crippen LogP contribution in [-0.2, 0) is 4.79 Å². The van der Waals surface area contributed by atoms with Crippen molar-refractivity contribution in [3.63, 3.8) is 0 Å². The van der Waals surface area contributed by atoms with Crippen LogP contribution in [-0.4, -0.2) is 12.5 Å². The zero-order chi connectivity index (χ0) is 20.4. The van der Waals surface area contributed by atoms with Gasteiger partial charge in [0.1, 0.15) is 17.1 Å². The highest BCUT2D eigenvalue weighted by atomic mass is 35.5. The fourth-order valence-corrected chi connectivity index (χ4v) is 3.31. The van der Waals surface area contributed by atoms with Crippen molar-refractivity contribution in [2.75, 3.05) is 11.9 Å². The van der Waals surface area contributed by atoms with E-state index < -0.39 is 0 Å². The minimum Gasteiger partial charge on any atom is -0.493 e. The van der Waals surface area contributed by atoms with Crippen molar-refractivity contribution < 1.29 is 13.9 Å². The Morgan fingerprint density at radius 1 is 1.21 bits per heavy atom. The Kier molecular flexibility index (Phi) is 5.80. The Morgan fingerprint density at radius 3 is 2.68 bits per heavy atom. The van der Waals surface area contributed by atoms with Crippen molar-refractivity contribution in [3.8, 4) is 5.75 Å². The summed E-state index contributed by atoms with van der Waals surface area (Å²) in [6, 6.07) is 9.36. The molecule has 28 heavy (non-hydrogen) atoms. The molecule has 4 nitrogen and oxygen atoms in total. The number of benzene rings is 2. The maximum atomic E-state index is 12.6. The molecule has 1 aromatic heterocycles.